The molecule has 6 nitrogen and oxygen atoms in total. The average molecular weight is 477 g/mol. The fourth-order valence-electron chi connectivity index (χ4n) is 5.21. The Labute approximate surface area is 209 Å². The van der Waals surface area contributed by atoms with E-state index in [0.717, 1.165) is 77.1 Å². The van der Waals surface area contributed by atoms with Crippen LogP contribution in [0.3, 0.4) is 0 Å². The van der Waals surface area contributed by atoms with Gasteiger partial charge in [-0.05, 0) is 61.7 Å². The zero-order valence-corrected chi connectivity index (χ0v) is 20.3. The lowest BCUT2D eigenvalue weighted by molar-refractivity contribution is -0.143. The van der Waals surface area contributed by atoms with Gasteiger partial charge in [0.2, 0.25) is 0 Å². The van der Waals surface area contributed by atoms with Crippen LogP contribution in [-0.4, -0.2) is 43.4 Å². The molecule has 6 heteroatoms. The van der Waals surface area contributed by atoms with E-state index in [0.29, 0.717) is 0 Å². The summed E-state index contributed by atoms with van der Waals surface area (Å²) >= 11 is 0. The molecule has 180 valence electrons. The van der Waals surface area contributed by atoms with Gasteiger partial charge in [-0.2, -0.15) is 0 Å². The molecule has 1 aliphatic rings. The summed E-state index contributed by atoms with van der Waals surface area (Å²) in [4.78, 5) is 23.4. The van der Waals surface area contributed by atoms with Gasteiger partial charge in [-0.3, -0.25) is 14.1 Å². The Balaban J connectivity index is 1.37. The molecule has 0 atom stereocenters. The highest BCUT2D eigenvalue weighted by Gasteiger charge is 2.24. The fraction of sp³-hybridized carbons (Fsp3) is 0.233. The summed E-state index contributed by atoms with van der Waals surface area (Å²) in [5, 5.41) is 10.3. The van der Waals surface area contributed by atoms with Crippen molar-refractivity contribution in [3.63, 3.8) is 0 Å². The van der Waals surface area contributed by atoms with Gasteiger partial charge in [0.1, 0.15) is 11.3 Å². The van der Waals surface area contributed by atoms with Crippen molar-refractivity contribution in [3.05, 3.63) is 90.3 Å². The zero-order chi connectivity index (χ0) is 24.6. The van der Waals surface area contributed by atoms with Crippen LogP contribution in [-0.2, 0) is 11.3 Å². The number of benzene rings is 2. The number of aromatic nitrogens is 3. The minimum atomic E-state index is -0.667. The first-order valence-electron chi connectivity index (χ1n) is 12.4. The fourth-order valence-corrected chi connectivity index (χ4v) is 5.21. The number of likely N-dealkylation sites (tertiary alicyclic amines) is 1. The molecule has 6 rings (SSSR count). The first kappa shape index (κ1) is 22.4. The Morgan fingerprint density at radius 3 is 2.47 bits per heavy atom. The Morgan fingerprint density at radius 2 is 1.75 bits per heavy atom. The van der Waals surface area contributed by atoms with Crippen LogP contribution in [0.15, 0.2) is 79.1 Å². The minimum absolute atomic E-state index is 0.204. The molecule has 5 aromatic rings. The van der Waals surface area contributed by atoms with Crippen molar-refractivity contribution in [1.82, 2.24) is 19.3 Å². The first-order chi connectivity index (χ1) is 17.5. The summed E-state index contributed by atoms with van der Waals surface area (Å²) in [6.45, 7) is 4.55. The van der Waals surface area contributed by atoms with Gasteiger partial charge < -0.3 is 5.11 Å². The van der Waals surface area contributed by atoms with Crippen LogP contribution in [0.2, 0.25) is 0 Å². The highest BCUT2D eigenvalue weighted by atomic mass is 16.4. The van der Waals surface area contributed by atoms with Gasteiger partial charge in [-0.15, -0.1) is 0 Å². The van der Waals surface area contributed by atoms with Crippen LogP contribution >= 0.6 is 0 Å². The number of carbonyl (C=O) groups is 1. The summed E-state index contributed by atoms with van der Waals surface area (Å²) in [6, 6.07) is 23.3. The number of rotatable bonds is 5. The molecule has 4 heterocycles. The second kappa shape index (κ2) is 9.21. The van der Waals surface area contributed by atoms with Crippen molar-refractivity contribution >= 4 is 22.6 Å². The van der Waals surface area contributed by atoms with Gasteiger partial charge in [-0.25, -0.2) is 9.97 Å². The maximum Gasteiger partial charge on any atom is 0.306 e. The molecule has 3 aromatic heterocycles. The van der Waals surface area contributed by atoms with Gasteiger partial charge in [0.15, 0.2) is 0 Å². The largest absolute Gasteiger partial charge is 0.481 e. The van der Waals surface area contributed by atoms with E-state index in [-0.39, 0.29) is 5.92 Å². The Bertz CT molecular complexity index is 1550. The number of fused-ring (bicyclic) bond motifs is 3. The van der Waals surface area contributed by atoms with Gasteiger partial charge in [0.05, 0.1) is 11.6 Å². The lowest BCUT2D eigenvalue weighted by atomic mass is 9.96. The predicted molar refractivity (Wildman–Crippen MR) is 142 cm³/mol. The molecular weight excluding hydrogens is 448 g/mol. The van der Waals surface area contributed by atoms with Crippen molar-refractivity contribution < 1.29 is 9.90 Å². The van der Waals surface area contributed by atoms with Crippen LogP contribution in [0.1, 0.15) is 24.0 Å². The molecule has 0 aliphatic carbocycles. The van der Waals surface area contributed by atoms with E-state index in [2.05, 4.69) is 88.1 Å². The molecule has 1 aliphatic heterocycles. The number of piperidine rings is 1. The van der Waals surface area contributed by atoms with E-state index in [4.69, 9.17) is 4.98 Å². The summed E-state index contributed by atoms with van der Waals surface area (Å²) in [6.07, 6.45) is 5.43. The highest BCUT2D eigenvalue weighted by molar-refractivity contribution is 5.90. The lowest BCUT2D eigenvalue weighted by Gasteiger charge is -2.30. The molecule has 0 unspecified atom stereocenters. The third-order valence-electron chi connectivity index (χ3n) is 7.19. The normalized spacial score (nSPS) is 15.0. The average Bonchev–Trinajstić information content (AvgIpc) is 3.30. The maximum atomic E-state index is 11.2. The van der Waals surface area contributed by atoms with Crippen molar-refractivity contribution in [3.8, 4) is 22.4 Å². The van der Waals surface area contributed by atoms with Crippen LogP contribution in [0.4, 0.5) is 0 Å². The number of hydrogen-bond donors (Lipinski definition) is 1. The van der Waals surface area contributed by atoms with E-state index < -0.39 is 5.97 Å². The van der Waals surface area contributed by atoms with Crippen LogP contribution in [0, 0.1) is 12.8 Å². The molecule has 0 amide bonds. The van der Waals surface area contributed by atoms with Crippen molar-refractivity contribution in [2.24, 2.45) is 5.92 Å². The first-order valence-corrected chi connectivity index (χ1v) is 12.4. The highest BCUT2D eigenvalue weighted by Crippen LogP contribution is 2.34. The molecule has 0 saturated carbocycles. The zero-order valence-electron chi connectivity index (χ0n) is 20.3. The molecule has 0 spiro atoms. The lowest BCUT2D eigenvalue weighted by Crippen LogP contribution is -2.35. The van der Waals surface area contributed by atoms with E-state index >= 15 is 0 Å². The van der Waals surface area contributed by atoms with Gasteiger partial charge in [0.25, 0.3) is 0 Å². The van der Waals surface area contributed by atoms with Gasteiger partial charge in [-0.1, -0.05) is 54.6 Å². The third kappa shape index (κ3) is 4.25. The Morgan fingerprint density at radius 1 is 1.00 bits per heavy atom. The number of aryl methyl sites for hydroxylation is 1. The second-order valence-corrected chi connectivity index (χ2v) is 9.75. The molecule has 1 saturated heterocycles. The van der Waals surface area contributed by atoms with Crippen LogP contribution in [0.5, 0.6) is 0 Å². The predicted octanol–water partition coefficient (Wildman–Crippen LogP) is 5.82. The second-order valence-electron chi connectivity index (χ2n) is 9.75. The molecule has 2 aromatic carbocycles. The number of nitrogens with zero attached hydrogens (tertiary/aromatic N) is 4. The van der Waals surface area contributed by atoms with Crippen LogP contribution in [0.25, 0.3) is 39.1 Å². The standard InChI is InChI=1S/C30H28N4O2/c1-20-15-27-31-17-25-16-26(22-5-3-2-4-6-22)28(32-29(25)34(27)18-20)23-9-7-21(8-10-23)19-33-13-11-24(12-14-33)30(35)36/h2-10,15-18,24H,11-14,19H2,1H3,(H,35,36). The summed E-state index contributed by atoms with van der Waals surface area (Å²) < 4.78 is 2.07. The SMILES string of the molecule is Cc1cc2ncc3cc(-c4ccccc4)c(-c4ccc(CN5CCC(C(=O)O)CC5)cc4)nc3n2c1. The maximum absolute atomic E-state index is 11.2. The summed E-state index contributed by atoms with van der Waals surface area (Å²) in [5.74, 6) is -0.871. The number of hydrogen-bond acceptors (Lipinski definition) is 4. The molecule has 0 bridgehead atoms. The van der Waals surface area contributed by atoms with Crippen molar-refractivity contribution in [2.75, 3.05) is 13.1 Å². The molecule has 0 radical (unpaired) electrons. The summed E-state index contributed by atoms with van der Waals surface area (Å²) in [7, 11) is 0. The van der Waals surface area contributed by atoms with Gasteiger partial charge in [0, 0.05) is 35.5 Å². The smallest absolute Gasteiger partial charge is 0.306 e. The Kier molecular flexibility index (Phi) is 5.74. The van der Waals surface area contributed by atoms with Crippen molar-refractivity contribution in [2.45, 2.75) is 26.3 Å². The number of carboxylic acids is 1. The quantitative estimate of drug-likeness (QED) is 0.346. The van der Waals surface area contributed by atoms with E-state index in [1.165, 1.54) is 5.56 Å². The molecule has 1 fully saturated rings. The van der Waals surface area contributed by atoms with E-state index in [1.54, 1.807) is 0 Å². The monoisotopic (exact) mass is 476 g/mol. The summed E-state index contributed by atoms with van der Waals surface area (Å²) in [5.41, 5.74) is 8.39. The van der Waals surface area contributed by atoms with Crippen LogP contribution < -0.4 is 0 Å². The molecule has 1 N–H and O–H groups in total. The van der Waals surface area contributed by atoms with Crippen molar-refractivity contribution in [1.29, 1.82) is 0 Å². The minimum Gasteiger partial charge on any atom is -0.481 e. The Hall–Kier alpha value is -4.03. The topological polar surface area (TPSA) is 70.7 Å². The number of carboxylic acid groups (broad SMARTS) is 1. The number of pyridine rings is 1. The number of aliphatic carboxylic acids is 1. The third-order valence-corrected chi connectivity index (χ3v) is 7.19. The van der Waals surface area contributed by atoms with Gasteiger partial charge >= 0.3 is 5.97 Å². The molecular formula is C30H28N4O2. The molecule has 36 heavy (non-hydrogen) atoms. The van der Waals surface area contributed by atoms with E-state index in [1.807, 2.05) is 12.3 Å². The van der Waals surface area contributed by atoms with E-state index in [9.17, 15) is 9.90 Å².